The molecule has 1 amide bonds. The minimum Gasteiger partial charge on any atom is -0.348 e. The van der Waals surface area contributed by atoms with Crippen LogP contribution < -0.4 is 5.32 Å². The summed E-state index contributed by atoms with van der Waals surface area (Å²) in [5, 5.41) is 9.65. The molecule has 0 aliphatic carbocycles. The van der Waals surface area contributed by atoms with Crippen molar-refractivity contribution in [1.82, 2.24) is 20.1 Å². The van der Waals surface area contributed by atoms with Gasteiger partial charge in [-0.2, -0.15) is 5.10 Å². The number of carbonyl (C=O) groups is 2. The summed E-state index contributed by atoms with van der Waals surface area (Å²) < 4.78 is 1.63. The third kappa shape index (κ3) is 3.14. The number of ketones is 1. The first-order chi connectivity index (χ1) is 9.47. The molecule has 0 aliphatic rings. The summed E-state index contributed by atoms with van der Waals surface area (Å²) in [5.41, 5.74) is 2.21. The van der Waals surface area contributed by atoms with Crippen LogP contribution in [-0.2, 0) is 18.3 Å². The minimum absolute atomic E-state index is 0.158. The van der Waals surface area contributed by atoms with Crippen molar-refractivity contribution in [1.29, 1.82) is 0 Å². The zero-order chi connectivity index (χ0) is 14.7. The number of carbonyl (C=O) groups excluding carboxylic acids is 2. The van der Waals surface area contributed by atoms with E-state index >= 15 is 0 Å². The highest BCUT2D eigenvalue weighted by molar-refractivity contribution is 6.42. The Morgan fingerprint density at radius 3 is 2.80 bits per heavy atom. The zero-order valence-electron chi connectivity index (χ0n) is 11.8. The summed E-state index contributed by atoms with van der Waals surface area (Å²) in [6.45, 7) is 3.76. The fraction of sp³-hybridized carbons (Fsp3) is 0.357. The van der Waals surface area contributed by atoms with Crippen LogP contribution in [0, 0.1) is 6.92 Å². The Labute approximate surface area is 117 Å². The van der Waals surface area contributed by atoms with Gasteiger partial charge in [0.2, 0.25) is 0 Å². The van der Waals surface area contributed by atoms with Crippen molar-refractivity contribution in [3.05, 3.63) is 41.5 Å². The zero-order valence-corrected chi connectivity index (χ0v) is 11.8. The number of aryl methyl sites for hydroxylation is 2. The molecule has 6 nitrogen and oxygen atoms in total. The van der Waals surface area contributed by atoms with Crippen molar-refractivity contribution >= 4 is 11.7 Å². The van der Waals surface area contributed by atoms with E-state index in [0.29, 0.717) is 12.1 Å². The highest BCUT2D eigenvalue weighted by atomic mass is 16.2. The van der Waals surface area contributed by atoms with Crippen molar-refractivity contribution < 1.29 is 9.59 Å². The standard InChI is InChI=1S/C14H18N4O2/c1-9(7-11-8-10(2)16-17-11)15-14(20)13(19)12-5-4-6-18(12)3/h4-6,8-9H,7H2,1-3H3,(H,15,20)(H,16,17)/t9-/m0/s1. The van der Waals surface area contributed by atoms with E-state index in [4.69, 9.17) is 0 Å². The van der Waals surface area contributed by atoms with Crippen molar-refractivity contribution in [2.75, 3.05) is 0 Å². The second-order valence-electron chi connectivity index (χ2n) is 4.95. The van der Waals surface area contributed by atoms with Gasteiger partial charge >= 0.3 is 0 Å². The fourth-order valence-electron chi connectivity index (χ4n) is 2.05. The number of nitrogens with zero attached hydrogens (tertiary/aromatic N) is 2. The summed E-state index contributed by atoms with van der Waals surface area (Å²) in [6.07, 6.45) is 2.31. The molecule has 0 spiro atoms. The second-order valence-corrected chi connectivity index (χ2v) is 4.95. The topological polar surface area (TPSA) is 79.8 Å². The van der Waals surface area contributed by atoms with E-state index < -0.39 is 11.7 Å². The molecule has 0 radical (unpaired) electrons. The molecule has 0 aromatic carbocycles. The average molecular weight is 274 g/mol. The summed E-state index contributed by atoms with van der Waals surface area (Å²) >= 11 is 0. The number of rotatable bonds is 5. The Bertz CT molecular complexity index is 627. The van der Waals surface area contributed by atoms with Crippen LogP contribution in [0.3, 0.4) is 0 Å². The van der Waals surface area contributed by atoms with E-state index in [1.165, 1.54) is 0 Å². The monoisotopic (exact) mass is 274 g/mol. The van der Waals surface area contributed by atoms with Crippen LogP contribution in [0.5, 0.6) is 0 Å². The molecular weight excluding hydrogens is 256 g/mol. The third-order valence-electron chi connectivity index (χ3n) is 3.03. The summed E-state index contributed by atoms with van der Waals surface area (Å²) in [6, 6.07) is 5.12. The van der Waals surface area contributed by atoms with E-state index in [-0.39, 0.29) is 6.04 Å². The number of H-pyrrole nitrogens is 1. The molecule has 106 valence electrons. The van der Waals surface area contributed by atoms with Crippen molar-refractivity contribution in [2.45, 2.75) is 26.3 Å². The first-order valence-corrected chi connectivity index (χ1v) is 6.45. The Morgan fingerprint density at radius 2 is 2.25 bits per heavy atom. The predicted octanol–water partition coefficient (Wildman–Crippen LogP) is 0.987. The van der Waals surface area contributed by atoms with Crippen LogP contribution >= 0.6 is 0 Å². The Kier molecular flexibility index (Phi) is 4.02. The van der Waals surface area contributed by atoms with Crippen LogP contribution in [0.25, 0.3) is 0 Å². The number of hydrogen-bond acceptors (Lipinski definition) is 3. The maximum absolute atomic E-state index is 12.0. The van der Waals surface area contributed by atoms with Crippen LogP contribution in [-0.4, -0.2) is 32.5 Å². The molecule has 2 heterocycles. The number of nitrogens with one attached hydrogen (secondary N) is 2. The fourth-order valence-corrected chi connectivity index (χ4v) is 2.05. The molecule has 2 aromatic rings. The molecule has 0 saturated carbocycles. The van der Waals surface area contributed by atoms with Gasteiger partial charge in [-0.05, 0) is 32.0 Å². The van der Waals surface area contributed by atoms with E-state index in [9.17, 15) is 9.59 Å². The maximum Gasteiger partial charge on any atom is 0.294 e. The number of aromatic amines is 1. The molecule has 0 aliphatic heterocycles. The quantitative estimate of drug-likeness (QED) is 0.630. The molecule has 2 rings (SSSR count). The minimum atomic E-state index is -0.591. The number of aromatic nitrogens is 3. The third-order valence-corrected chi connectivity index (χ3v) is 3.03. The first-order valence-electron chi connectivity index (χ1n) is 6.45. The molecule has 20 heavy (non-hydrogen) atoms. The van der Waals surface area contributed by atoms with Gasteiger partial charge in [-0.1, -0.05) is 0 Å². The van der Waals surface area contributed by atoms with Gasteiger partial charge in [0.1, 0.15) is 0 Å². The molecule has 0 unspecified atom stereocenters. The van der Waals surface area contributed by atoms with Gasteiger partial charge in [-0.15, -0.1) is 0 Å². The van der Waals surface area contributed by atoms with Crippen LogP contribution in [0.1, 0.15) is 28.8 Å². The van der Waals surface area contributed by atoms with Gasteiger partial charge in [0.25, 0.3) is 11.7 Å². The molecule has 2 N–H and O–H groups in total. The summed E-state index contributed by atoms with van der Waals surface area (Å²) in [5.74, 6) is -1.12. The van der Waals surface area contributed by atoms with Crippen LogP contribution in [0.15, 0.2) is 24.4 Å². The maximum atomic E-state index is 12.0. The summed E-state index contributed by atoms with van der Waals surface area (Å²) in [4.78, 5) is 23.9. The SMILES string of the molecule is Cc1cc(C[C@H](C)NC(=O)C(=O)c2cccn2C)n[nH]1. The number of amides is 1. The molecule has 0 bridgehead atoms. The van der Waals surface area contributed by atoms with E-state index in [0.717, 1.165) is 11.4 Å². The lowest BCUT2D eigenvalue weighted by Crippen LogP contribution is -2.39. The van der Waals surface area contributed by atoms with Crippen LogP contribution in [0.4, 0.5) is 0 Å². The number of hydrogen-bond donors (Lipinski definition) is 2. The highest BCUT2D eigenvalue weighted by Gasteiger charge is 2.20. The Morgan fingerprint density at radius 1 is 1.50 bits per heavy atom. The van der Waals surface area contributed by atoms with Gasteiger partial charge in [-0.3, -0.25) is 14.7 Å². The van der Waals surface area contributed by atoms with Gasteiger partial charge in [0.05, 0.1) is 11.4 Å². The smallest absolute Gasteiger partial charge is 0.294 e. The molecule has 2 aromatic heterocycles. The number of Topliss-reactive ketones (excluding diaryl/α,β-unsaturated/α-hetero) is 1. The highest BCUT2D eigenvalue weighted by Crippen LogP contribution is 2.04. The average Bonchev–Trinajstić information content (AvgIpc) is 2.97. The lowest BCUT2D eigenvalue weighted by Gasteiger charge is -2.12. The van der Waals surface area contributed by atoms with Gasteiger partial charge in [0.15, 0.2) is 0 Å². The van der Waals surface area contributed by atoms with Crippen molar-refractivity contribution in [3.63, 3.8) is 0 Å². The molecule has 0 saturated heterocycles. The molecule has 0 fully saturated rings. The first kappa shape index (κ1) is 14.0. The Hall–Kier alpha value is -2.37. The van der Waals surface area contributed by atoms with Gasteiger partial charge < -0.3 is 9.88 Å². The van der Waals surface area contributed by atoms with Crippen molar-refractivity contribution in [3.8, 4) is 0 Å². The molecule has 6 heteroatoms. The Balaban J connectivity index is 1.94. The van der Waals surface area contributed by atoms with Crippen molar-refractivity contribution in [2.24, 2.45) is 7.05 Å². The molecular formula is C14H18N4O2. The lowest BCUT2D eigenvalue weighted by molar-refractivity contribution is -0.117. The lowest BCUT2D eigenvalue weighted by atomic mass is 10.1. The van der Waals surface area contributed by atoms with E-state index in [1.807, 2.05) is 19.9 Å². The van der Waals surface area contributed by atoms with Gasteiger partial charge in [-0.25, -0.2) is 0 Å². The molecule has 1 atom stereocenters. The normalized spacial score (nSPS) is 12.2. The second kappa shape index (κ2) is 5.73. The predicted molar refractivity (Wildman–Crippen MR) is 74.4 cm³/mol. The van der Waals surface area contributed by atoms with Gasteiger partial charge in [0, 0.05) is 31.4 Å². The van der Waals surface area contributed by atoms with Crippen LogP contribution in [0.2, 0.25) is 0 Å². The van der Waals surface area contributed by atoms with E-state index in [1.54, 1.807) is 29.9 Å². The van der Waals surface area contributed by atoms with E-state index in [2.05, 4.69) is 15.5 Å². The largest absolute Gasteiger partial charge is 0.348 e. The summed E-state index contributed by atoms with van der Waals surface area (Å²) in [7, 11) is 1.73.